The average Bonchev–Trinajstić information content (AvgIpc) is 2.44. The lowest BCUT2D eigenvalue weighted by atomic mass is 10.2. The first kappa shape index (κ1) is 15.1. The molecule has 0 N–H and O–H groups in total. The third-order valence-corrected chi connectivity index (χ3v) is 3.40. The fraction of sp³-hybridized carbons (Fsp3) is 0.667. The Bertz CT molecular complexity index is 330. The molecule has 0 atom stereocenters. The van der Waals surface area contributed by atoms with E-state index in [2.05, 4.69) is 34.7 Å². The molecular weight excluding hydrogens is 222 g/mol. The minimum atomic E-state index is 1.00. The fourth-order valence-corrected chi connectivity index (χ4v) is 2.16. The van der Waals surface area contributed by atoms with Crippen LogP contribution in [0.1, 0.15) is 32.0 Å². The number of rotatable bonds is 3. The van der Waals surface area contributed by atoms with E-state index in [1.165, 1.54) is 44.0 Å². The van der Waals surface area contributed by atoms with Crippen LogP contribution in [0.15, 0.2) is 18.3 Å². The molecule has 1 aromatic heterocycles. The lowest BCUT2D eigenvalue weighted by Crippen LogP contribution is -2.45. The standard InChI is InChI=1S/C13H21N3.C2H6/c1-3-15-7-9-16(10-8-15)11-13-12(2)5-4-6-14-13;1-2/h4-6H,3,7-11H2,1-2H3;1-2H3. The molecule has 102 valence electrons. The smallest absolute Gasteiger partial charge is 0.0573 e. The molecular formula is C15H27N3. The van der Waals surface area contributed by atoms with Crippen molar-refractivity contribution in [3.63, 3.8) is 0 Å². The topological polar surface area (TPSA) is 19.4 Å². The molecule has 0 amide bonds. The van der Waals surface area contributed by atoms with Gasteiger partial charge in [-0.3, -0.25) is 9.88 Å². The normalized spacial score (nSPS) is 17.1. The molecule has 0 saturated carbocycles. The molecule has 0 spiro atoms. The van der Waals surface area contributed by atoms with E-state index in [4.69, 9.17) is 0 Å². The van der Waals surface area contributed by atoms with Gasteiger partial charge in [0.1, 0.15) is 0 Å². The molecule has 1 saturated heterocycles. The van der Waals surface area contributed by atoms with Crippen LogP contribution < -0.4 is 0 Å². The number of hydrogen-bond donors (Lipinski definition) is 0. The zero-order valence-corrected chi connectivity index (χ0v) is 12.3. The second-order valence-electron chi connectivity index (χ2n) is 4.48. The van der Waals surface area contributed by atoms with Crippen molar-refractivity contribution in [2.45, 2.75) is 34.2 Å². The highest BCUT2D eigenvalue weighted by Crippen LogP contribution is 2.09. The summed E-state index contributed by atoms with van der Waals surface area (Å²) in [6.45, 7) is 15.3. The molecule has 2 rings (SSSR count). The third kappa shape index (κ3) is 4.39. The molecule has 3 heteroatoms. The van der Waals surface area contributed by atoms with Crippen molar-refractivity contribution in [2.24, 2.45) is 0 Å². The maximum atomic E-state index is 4.46. The molecule has 1 aliphatic heterocycles. The van der Waals surface area contributed by atoms with Crippen molar-refractivity contribution in [3.05, 3.63) is 29.6 Å². The average molecular weight is 249 g/mol. The molecule has 3 nitrogen and oxygen atoms in total. The summed E-state index contributed by atoms with van der Waals surface area (Å²) < 4.78 is 0. The summed E-state index contributed by atoms with van der Waals surface area (Å²) in [5, 5.41) is 0. The summed E-state index contributed by atoms with van der Waals surface area (Å²) in [5.74, 6) is 0. The quantitative estimate of drug-likeness (QED) is 0.820. The summed E-state index contributed by atoms with van der Waals surface area (Å²) in [7, 11) is 0. The molecule has 1 fully saturated rings. The van der Waals surface area contributed by atoms with Gasteiger partial charge in [0, 0.05) is 38.9 Å². The van der Waals surface area contributed by atoms with Gasteiger partial charge in [-0.05, 0) is 25.1 Å². The highest BCUT2D eigenvalue weighted by Gasteiger charge is 2.16. The van der Waals surface area contributed by atoms with E-state index in [0.29, 0.717) is 0 Å². The minimum absolute atomic E-state index is 1.00. The summed E-state index contributed by atoms with van der Waals surface area (Å²) in [4.78, 5) is 9.46. The van der Waals surface area contributed by atoms with Crippen molar-refractivity contribution >= 4 is 0 Å². The van der Waals surface area contributed by atoms with E-state index < -0.39 is 0 Å². The van der Waals surface area contributed by atoms with Crippen LogP contribution in [0.5, 0.6) is 0 Å². The molecule has 0 bridgehead atoms. The van der Waals surface area contributed by atoms with Gasteiger partial charge in [0.25, 0.3) is 0 Å². The van der Waals surface area contributed by atoms with Gasteiger partial charge >= 0.3 is 0 Å². The zero-order valence-electron chi connectivity index (χ0n) is 12.3. The molecule has 0 aromatic carbocycles. The summed E-state index contributed by atoms with van der Waals surface area (Å²) in [5.41, 5.74) is 2.54. The van der Waals surface area contributed by atoms with Crippen LogP contribution in [0.4, 0.5) is 0 Å². The van der Waals surface area contributed by atoms with Crippen molar-refractivity contribution < 1.29 is 0 Å². The van der Waals surface area contributed by atoms with Crippen LogP contribution >= 0.6 is 0 Å². The van der Waals surface area contributed by atoms with Crippen LogP contribution in [-0.2, 0) is 6.54 Å². The molecule has 1 aromatic rings. The van der Waals surface area contributed by atoms with Crippen LogP contribution in [0.25, 0.3) is 0 Å². The van der Waals surface area contributed by atoms with E-state index >= 15 is 0 Å². The highest BCUT2D eigenvalue weighted by atomic mass is 15.3. The Morgan fingerprint density at radius 1 is 1.11 bits per heavy atom. The molecule has 2 heterocycles. The van der Waals surface area contributed by atoms with Gasteiger partial charge in [0.05, 0.1) is 5.69 Å². The van der Waals surface area contributed by atoms with Gasteiger partial charge < -0.3 is 4.90 Å². The molecule has 0 unspecified atom stereocenters. The van der Waals surface area contributed by atoms with E-state index in [-0.39, 0.29) is 0 Å². The fourth-order valence-electron chi connectivity index (χ4n) is 2.16. The number of nitrogens with zero attached hydrogens (tertiary/aromatic N) is 3. The van der Waals surface area contributed by atoms with E-state index in [9.17, 15) is 0 Å². The monoisotopic (exact) mass is 249 g/mol. The Labute approximate surface area is 112 Å². The number of pyridine rings is 1. The predicted octanol–water partition coefficient (Wildman–Crippen LogP) is 2.55. The van der Waals surface area contributed by atoms with Crippen LogP contribution in [0, 0.1) is 6.92 Å². The number of aromatic nitrogens is 1. The Hall–Kier alpha value is -0.930. The number of aryl methyl sites for hydroxylation is 1. The van der Waals surface area contributed by atoms with E-state index in [1.54, 1.807) is 0 Å². The maximum Gasteiger partial charge on any atom is 0.0573 e. The summed E-state index contributed by atoms with van der Waals surface area (Å²) in [6.07, 6.45) is 1.89. The van der Waals surface area contributed by atoms with Crippen LogP contribution in [0.2, 0.25) is 0 Å². The Morgan fingerprint density at radius 3 is 2.28 bits per heavy atom. The number of piperazine rings is 1. The molecule has 1 aliphatic rings. The highest BCUT2D eigenvalue weighted by molar-refractivity contribution is 5.17. The lowest BCUT2D eigenvalue weighted by Gasteiger charge is -2.33. The first-order valence-electron chi connectivity index (χ1n) is 7.15. The van der Waals surface area contributed by atoms with Gasteiger partial charge in [-0.15, -0.1) is 0 Å². The van der Waals surface area contributed by atoms with Gasteiger partial charge in [0.2, 0.25) is 0 Å². The zero-order chi connectivity index (χ0) is 13.4. The van der Waals surface area contributed by atoms with E-state index in [1.807, 2.05) is 26.1 Å². The molecule has 0 aliphatic carbocycles. The van der Waals surface area contributed by atoms with Gasteiger partial charge in [-0.2, -0.15) is 0 Å². The number of likely N-dealkylation sites (N-methyl/N-ethyl adjacent to an activating group) is 1. The Morgan fingerprint density at radius 2 is 1.72 bits per heavy atom. The predicted molar refractivity (Wildman–Crippen MR) is 77.7 cm³/mol. The van der Waals surface area contributed by atoms with Crippen molar-refractivity contribution in [1.29, 1.82) is 0 Å². The summed E-state index contributed by atoms with van der Waals surface area (Å²) in [6, 6.07) is 4.15. The van der Waals surface area contributed by atoms with Gasteiger partial charge in [-0.1, -0.05) is 26.8 Å². The van der Waals surface area contributed by atoms with Crippen molar-refractivity contribution in [2.75, 3.05) is 32.7 Å². The van der Waals surface area contributed by atoms with Crippen molar-refractivity contribution in [1.82, 2.24) is 14.8 Å². The van der Waals surface area contributed by atoms with Crippen molar-refractivity contribution in [3.8, 4) is 0 Å². The second kappa shape index (κ2) is 8.22. The van der Waals surface area contributed by atoms with Crippen LogP contribution in [0.3, 0.4) is 0 Å². The molecule has 0 radical (unpaired) electrons. The molecule has 18 heavy (non-hydrogen) atoms. The first-order chi connectivity index (χ1) is 8.79. The Balaban J connectivity index is 0.000000771. The maximum absolute atomic E-state index is 4.46. The summed E-state index contributed by atoms with van der Waals surface area (Å²) >= 11 is 0. The SMILES string of the molecule is CC.CCN1CCN(Cc2ncccc2C)CC1. The van der Waals surface area contributed by atoms with Crippen LogP contribution in [-0.4, -0.2) is 47.5 Å². The lowest BCUT2D eigenvalue weighted by molar-refractivity contribution is 0.130. The largest absolute Gasteiger partial charge is 0.301 e. The first-order valence-corrected chi connectivity index (χ1v) is 7.15. The van der Waals surface area contributed by atoms with E-state index in [0.717, 1.165) is 6.54 Å². The minimum Gasteiger partial charge on any atom is -0.301 e. The van der Waals surface area contributed by atoms with Gasteiger partial charge in [0.15, 0.2) is 0 Å². The number of hydrogen-bond acceptors (Lipinski definition) is 3. The van der Waals surface area contributed by atoms with Gasteiger partial charge in [-0.25, -0.2) is 0 Å². The third-order valence-electron chi connectivity index (χ3n) is 3.40. The Kier molecular flexibility index (Phi) is 6.91. The second-order valence-corrected chi connectivity index (χ2v) is 4.48.